The van der Waals surface area contributed by atoms with E-state index in [9.17, 15) is 4.79 Å². The number of hydrogen-bond donors (Lipinski definition) is 1. The molecule has 2 aromatic heterocycles. The van der Waals surface area contributed by atoms with E-state index in [0.717, 1.165) is 43.5 Å². The second-order valence-corrected chi connectivity index (χ2v) is 7.22. The van der Waals surface area contributed by atoms with Crippen LogP contribution >= 0.6 is 0 Å². The molecule has 0 bridgehead atoms. The highest BCUT2D eigenvalue weighted by Gasteiger charge is 2.41. The average molecular weight is 326 g/mol. The molecule has 2 heterocycles. The van der Waals surface area contributed by atoms with Gasteiger partial charge >= 0.3 is 0 Å². The molecule has 1 N–H and O–H groups in total. The molecule has 5 nitrogen and oxygen atoms in total. The Balaban J connectivity index is 1.73. The second-order valence-electron chi connectivity index (χ2n) is 7.22. The van der Waals surface area contributed by atoms with Crippen LogP contribution in [0.15, 0.2) is 37.1 Å². The highest BCUT2D eigenvalue weighted by molar-refractivity contribution is 5.83. The van der Waals surface area contributed by atoms with Crippen molar-refractivity contribution in [3.05, 3.63) is 42.6 Å². The van der Waals surface area contributed by atoms with E-state index in [1.54, 1.807) is 18.7 Å². The summed E-state index contributed by atoms with van der Waals surface area (Å²) in [7, 11) is 0. The van der Waals surface area contributed by atoms with E-state index in [1.165, 1.54) is 0 Å². The summed E-state index contributed by atoms with van der Waals surface area (Å²) in [6.07, 6.45) is 12.4. The molecule has 5 heteroatoms. The number of amides is 1. The summed E-state index contributed by atoms with van der Waals surface area (Å²) < 4.78 is 1.88. The Morgan fingerprint density at radius 2 is 2.12 bits per heavy atom. The van der Waals surface area contributed by atoms with Gasteiger partial charge in [0, 0.05) is 36.1 Å². The van der Waals surface area contributed by atoms with Gasteiger partial charge in [-0.25, -0.2) is 9.97 Å². The van der Waals surface area contributed by atoms with Crippen LogP contribution < -0.4 is 5.32 Å². The Morgan fingerprint density at radius 1 is 1.33 bits per heavy atom. The molecule has 0 saturated heterocycles. The fraction of sp³-hybridized carbons (Fsp3) is 0.526. The zero-order chi connectivity index (χ0) is 17.0. The minimum atomic E-state index is -0.175. The molecule has 24 heavy (non-hydrogen) atoms. The van der Waals surface area contributed by atoms with Gasteiger partial charge in [-0.05, 0) is 31.2 Å². The third-order valence-corrected chi connectivity index (χ3v) is 4.90. The van der Waals surface area contributed by atoms with Crippen molar-refractivity contribution in [3.63, 3.8) is 0 Å². The first-order valence-corrected chi connectivity index (χ1v) is 8.81. The topological polar surface area (TPSA) is 59.8 Å². The summed E-state index contributed by atoms with van der Waals surface area (Å²) in [5.41, 5.74) is 0.826. The van der Waals surface area contributed by atoms with Crippen LogP contribution in [0.2, 0.25) is 0 Å². The minimum Gasteiger partial charge on any atom is -0.351 e. The fourth-order valence-electron chi connectivity index (χ4n) is 3.91. The third kappa shape index (κ3) is 3.50. The molecule has 0 atom stereocenters. The first-order chi connectivity index (χ1) is 11.6. The summed E-state index contributed by atoms with van der Waals surface area (Å²) >= 11 is 0. The maximum Gasteiger partial charge on any atom is 0.226 e. The molecular formula is C19H26N4O. The lowest BCUT2D eigenvalue weighted by molar-refractivity contribution is -0.132. The van der Waals surface area contributed by atoms with Gasteiger partial charge in [0.15, 0.2) is 0 Å². The van der Waals surface area contributed by atoms with E-state index in [2.05, 4.69) is 29.1 Å². The van der Waals surface area contributed by atoms with Gasteiger partial charge in [-0.2, -0.15) is 0 Å². The van der Waals surface area contributed by atoms with Crippen LogP contribution in [0.5, 0.6) is 0 Å². The van der Waals surface area contributed by atoms with E-state index in [0.29, 0.717) is 12.5 Å². The first-order valence-electron chi connectivity index (χ1n) is 8.81. The zero-order valence-corrected chi connectivity index (χ0v) is 14.5. The highest BCUT2D eigenvalue weighted by Crippen LogP contribution is 2.43. The molecule has 3 rings (SSSR count). The molecule has 2 aromatic rings. The van der Waals surface area contributed by atoms with Gasteiger partial charge in [0.25, 0.3) is 0 Å². The molecular weight excluding hydrogens is 300 g/mol. The summed E-state index contributed by atoms with van der Waals surface area (Å²) in [6, 6.07) is 3.91. The molecule has 1 aliphatic rings. The van der Waals surface area contributed by atoms with Gasteiger partial charge in [-0.1, -0.05) is 32.8 Å². The quantitative estimate of drug-likeness (QED) is 0.884. The number of carbonyl (C=O) groups is 1. The maximum atomic E-state index is 12.9. The molecule has 1 saturated carbocycles. The summed E-state index contributed by atoms with van der Waals surface area (Å²) in [5.74, 6) is 1.56. The third-order valence-electron chi connectivity index (χ3n) is 4.90. The van der Waals surface area contributed by atoms with Crippen molar-refractivity contribution in [3.8, 4) is 5.82 Å². The van der Waals surface area contributed by atoms with Gasteiger partial charge < -0.3 is 5.32 Å². The average Bonchev–Trinajstić information content (AvgIpc) is 3.24. The molecule has 0 radical (unpaired) electrons. The van der Waals surface area contributed by atoms with Crippen LogP contribution in [0, 0.1) is 11.3 Å². The number of pyridine rings is 1. The number of hydrogen-bond acceptors (Lipinski definition) is 3. The number of nitrogens with zero attached hydrogens (tertiary/aromatic N) is 3. The van der Waals surface area contributed by atoms with Crippen molar-refractivity contribution in [2.45, 2.75) is 52.5 Å². The smallest absolute Gasteiger partial charge is 0.226 e. The Kier molecular flexibility index (Phi) is 4.97. The van der Waals surface area contributed by atoms with E-state index < -0.39 is 0 Å². The minimum absolute atomic E-state index is 0.175. The second kappa shape index (κ2) is 7.16. The van der Waals surface area contributed by atoms with Gasteiger partial charge in [-0.15, -0.1) is 0 Å². The van der Waals surface area contributed by atoms with Gasteiger partial charge in [0.1, 0.15) is 12.1 Å². The summed E-state index contributed by atoms with van der Waals surface area (Å²) in [5, 5.41) is 3.18. The molecule has 0 aromatic carbocycles. The van der Waals surface area contributed by atoms with Crippen LogP contribution in [0.1, 0.15) is 51.5 Å². The summed E-state index contributed by atoms with van der Waals surface area (Å²) in [4.78, 5) is 21.4. The lowest BCUT2D eigenvalue weighted by Gasteiger charge is -2.29. The largest absolute Gasteiger partial charge is 0.351 e. The van der Waals surface area contributed by atoms with E-state index in [1.807, 2.05) is 22.9 Å². The van der Waals surface area contributed by atoms with E-state index >= 15 is 0 Å². The molecule has 0 aliphatic heterocycles. The number of aromatic nitrogens is 3. The number of imidazole rings is 1. The van der Waals surface area contributed by atoms with Crippen LogP contribution in [0.25, 0.3) is 5.82 Å². The van der Waals surface area contributed by atoms with Crippen LogP contribution in [0.3, 0.4) is 0 Å². The van der Waals surface area contributed by atoms with Gasteiger partial charge in [0.2, 0.25) is 5.91 Å². The van der Waals surface area contributed by atoms with Crippen molar-refractivity contribution in [2.75, 3.05) is 0 Å². The molecule has 1 fully saturated rings. The molecule has 1 aliphatic carbocycles. The Hall–Kier alpha value is -2.17. The Morgan fingerprint density at radius 3 is 2.79 bits per heavy atom. The van der Waals surface area contributed by atoms with Crippen molar-refractivity contribution < 1.29 is 4.79 Å². The predicted molar refractivity (Wildman–Crippen MR) is 93.6 cm³/mol. The van der Waals surface area contributed by atoms with Crippen molar-refractivity contribution >= 4 is 5.91 Å². The Bertz CT molecular complexity index is 672. The van der Waals surface area contributed by atoms with Gasteiger partial charge in [0.05, 0.1) is 0 Å². The normalized spacial score (nSPS) is 16.5. The fourth-order valence-corrected chi connectivity index (χ4v) is 3.91. The van der Waals surface area contributed by atoms with Crippen molar-refractivity contribution in [1.29, 1.82) is 0 Å². The SMILES string of the molecule is CC(C)CC1(C(=O)NCc2cccnc2-n2ccnc2)CCCC1. The molecule has 0 unspecified atom stereocenters. The van der Waals surface area contributed by atoms with Gasteiger partial charge in [-0.3, -0.25) is 9.36 Å². The lowest BCUT2D eigenvalue weighted by atomic mass is 9.77. The molecule has 0 spiro atoms. The van der Waals surface area contributed by atoms with Crippen molar-refractivity contribution in [1.82, 2.24) is 19.9 Å². The maximum absolute atomic E-state index is 12.9. The zero-order valence-electron chi connectivity index (χ0n) is 14.5. The number of rotatable bonds is 6. The van der Waals surface area contributed by atoms with Crippen molar-refractivity contribution in [2.24, 2.45) is 11.3 Å². The number of nitrogens with one attached hydrogen (secondary N) is 1. The Labute approximate surface area is 143 Å². The highest BCUT2D eigenvalue weighted by atomic mass is 16.2. The van der Waals surface area contributed by atoms with Crippen LogP contribution in [-0.2, 0) is 11.3 Å². The summed E-state index contributed by atoms with van der Waals surface area (Å²) in [6.45, 7) is 4.90. The monoisotopic (exact) mass is 326 g/mol. The lowest BCUT2D eigenvalue weighted by Crippen LogP contribution is -2.40. The molecule has 128 valence electrons. The van der Waals surface area contributed by atoms with E-state index in [4.69, 9.17) is 0 Å². The predicted octanol–water partition coefficient (Wildman–Crippen LogP) is 3.49. The first kappa shape index (κ1) is 16.7. The number of carbonyl (C=O) groups excluding carboxylic acids is 1. The standard InChI is InChI=1S/C19H26N4O/c1-15(2)12-19(7-3-4-8-19)18(24)22-13-16-6-5-9-21-17(16)23-11-10-20-14-23/h5-6,9-11,14-15H,3-4,7-8,12-13H2,1-2H3,(H,22,24). The van der Waals surface area contributed by atoms with Crippen LogP contribution in [-0.4, -0.2) is 20.4 Å². The molecule has 1 amide bonds. The van der Waals surface area contributed by atoms with Crippen LogP contribution in [0.4, 0.5) is 0 Å². The van der Waals surface area contributed by atoms with E-state index in [-0.39, 0.29) is 11.3 Å².